The highest BCUT2D eigenvalue weighted by atomic mass is 79.9. The Morgan fingerprint density at radius 1 is 1.55 bits per heavy atom. The molecule has 0 bridgehead atoms. The number of likely N-dealkylation sites (tertiary alicyclic amines) is 1. The number of ether oxygens (including phenoxy) is 1. The van der Waals surface area contributed by atoms with Gasteiger partial charge in [-0.2, -0.15) is 0 Å². The molecule has 1 aliphatic rings. The molecule has 4 nitrogen and oxygen atoms in total. The lowest BCUT2D eigenvalue weighted by Gasteiger charge is -2.16. The Balaban J connectivity index is 1.92. The number of aryl methyl sites for hydroxylation is 1. The van der Waals surface area contributed by atoms with Crippen molar-refractivity contribution >= 4 is 21.8 Å². The van der Waals surface area contributed by atoms with E-state index in [0.29, 0.717) is 25.3 Å². The third kappa shape index (κ3) is 3.73. The summed E-state index contributed by atoms with van der Waals surface area (Å²) in [5.74, 6) is 1.52. The standard InChI is InChI=1S/C15H21BrN2O2/c1-20-14-4-3-13(16)8-12(14)2-5-15(19)18-7-6-11(9-17)10-18/h3-4,8,11H,2,5-7,9-10,17H2,1H3/t11-/m1/s1. The van der Waals surface area contributed by atoms with Gasteiger partial charge in [0.25, 0.3) is 0 Å². The van der Waals surface area contributed by atoms with Gasteiger partial charge in [0.1, 0.15) is 5.75 Å². The van der Waals surface area contributed by atoms with E-state index in [-0.39, 0.29) is 5.91 Å². The second kappa shape index (κ2) is 7.09. The van der Waals surface area contributed by atoms with Crippen LogP contribution >= 0.6 is 15.9 Å². The smallest absolute Gasteiger partial charge is 0.222 e. The predicted octanol–water partition coefficient (Wildman–Crippen LogP) is 2.20. The molecule has 1 heterocycles. The van der Waals surface area contributed by atoms with E-state index in [1.807, 2.05) is 23.1 Å². The first-order valence-electron chi connectivity index (χ1n) is 6.94. The summed E-state index contributed by atoms with van der Waals surface area (Å²) in [7, 11) is 1.65. The first-order chi connectivity index (χ1) is 9.63. The molecule has 0 aliphatic carbocycles. The van der Waals surface area contributed by atoms with E-state index >= 15 is 0 Å². The van der Waals surface area contributed by atoms with Crippen molar-refractivity contribution in [2.24, 2.45) is 11.7 Å². The molecule has 1 aliphatic heterocycles. The molecule has 1 saturated heterocycles. The normalized spacial score (nSPS) is 18.4. The number of nitrogens with two attached hydrogens (primary N) is 1. The van der Waals surface area contributed by atoms with Crippen molar-refractivity contribution in [3.8, 4) is 5.75 Å². The summed E-state index contributed by atoms with van der Waals surface area (Å²) in [6.07, 6.45) is 2.25. The number of methoxy groups -OCH3 is 1. The molecule has 110 valence electrons. The first kappa shape index (κ1) is 15.3. The average Bonchev–Trinajstić information content (AvgIpc) is 2.94. The summed E-state index contributed by atoms with van der Waals surface area (Å²) in [4.78, 5) is 14.1. The van der Waals surface area contributed by atoms with E-state index in [1.54, 1.807) is 7.11 Å². The molecular weight excluding hydrogens is 320 g/mol. The molecule has 0 saturated carbocycles. The van der Waals surface area contributed by atoms with Crippen LogP contribution in [-0.2, 0) is 11.2 Å². The molecule has 0 aromatic heterocycles. The molecule has 2 rings (SSSR count). The van der Waals surface area contributed by atoms with Crippen molar-refractivity contribution in [3.63, 3.8) is 0 Å². The number of carbonyl (C=O) groups excluding carboxylic acids is 1. The average molecular weight is 341 g/mol. The zero-order valence-electron chi connectivity index (χ0n) is 11.8. The van der Waals surface area contributed by atoms with Crippen molar-refractivity contribution < 1.29 is 9.53 Å². The van der Waals surface area contributed by atoms with Gasteiger partial charge in [0, 0.05) is 24.0 Å². The largest absolute Gasteiger partial charge is 0.496 e. The summed E-state index contributed by atoms with van der Waals surface area (Å²) in [5, 5.41) is 0. The fraction of sp³-hybridized carbons (Fsp3) is 0.533. The summed E-state index contributed by atoms with van der Waals surface area (Å²) in [5.41, 5.74) is 6.72. The number of amides is 1. The molecule has 20 heavy (non-hydrogen) atoms. The summed E-state index contributed by atoms with van der Waals surface area (Å²) < 4.78 is 6.34. The fourth-order valence-corrected chi connectivity index (χ4v) is 3.00. The van der Waals surface area contributed by atoms with Crippen LogP contribution in [0.1, 0.15) is 18.4 Å². The van der Waals surface area contributed by atoms with Gasteiger partial charge in [-0.05, 0) is 49.1 Å². The Bertz CT molecular complexity index is 479. The van der Waals surface area contributed by atoms with E-state index < -0.39 is 0 Å². The van der Waals surface area contributed by atoms with E-state index in [9.17, 15) is 4.79 Å². The van der Waals surface area contributed by atoms with Crippen LogP contribution in [0.15, 0.2) is 22.7 Å². The van der Waals surface area contributed by atoms with Crippen molar-refractivity contribution in [2.45, 2.75) is 19.3 Å². The Kier molecular flexibility index (Phi) is 5.43. The number of hydrogen-bond donors (Lipinski definition) is 1. The molecule has 1 amide bonds. The Morgan fingerprint density at radius 3 is 3.00 bits per heavy atom. The van der Waals surface area contributed by atoms with Gasteiger partial charge >= 0.3 is 0 Å². The van der Waals surface area contributed by atoms with Crippen LogP contribution in [0.25, 0.3) is 0 Å². The van der Waals surface area contributed by atoms with E-state index in [4.69, 9.17) is 10.5 Å². The quantitative estimate of drug-likeness (QED) is 0.893. The summed E-state index contributed by atoms with van der Waals surface area (Å²) in [6.45, 7) is 2.32. The lowest BCUT2D eigenvalue weighted by atomic mass is 10.1. The van der Waals surface area contributed by atoms with Crippen LogP contribution in [0.2, 0.25) is 0 Å². The highest BCUT2D eigenvalue weighted by molar-refractivity contribution is 9.10. The molecule has 0 radical (unpaired) electrons. The second-order valence-electron chi connectivity index (χ2n) is 5.19. The molecule has 5 heteroatoms. The maximum Gasteiger partial charge on any atom is 0.222 e. The topological polar surface area (TPSA) is 55.6 Å². The van der Waals surface area contributed by atoms with Crippen molar-refractivity contribution in [1.82, 2.24) is 4.90 Å². The number of hydrogen-bond acceptors (Lipinski definition) is 3. The third-order valence-corrected chi connectivity index (χ3v) is 4.32. The number of carbonyl (C=O) groups is 1. The highest BCUT2D eigenvalue weighted by Crippen LogP contribution is 2.25. The molecule has 0 spiro atoms. The van der Waals surface area contributed by atoms with Crippen LogP contribution < -0.4 is 10.5 Å². The Morgan fingerprint density at radius 2 is 2.35 bits per heavy atom. The molecular formula is C15H21BrN2O2. The van der Waals surface area contributed by atoms with Gasteiger partial charge in [0.2, 0.25) is 5.91 Å². The van der Waals surface area contributed by atoms with Crippen LogP contribution in [-0.4, -0.2) is 37.6 Å². The van der Waals surface area contributed by atoms with Gasteiger partial charge < -0.3 is 15.4 Å². The van der Waals surface area contributed by atoms with Gasteiger partial charge in [0.15, 0.2) is 0 Å². The van der Waals surface area contributed by atoms with Crippen LogP contribution in [0.5, 0.6) is 5.75 Å². The minimum absolute atomic E-state index is 0.211. The third-order valence-electron chi connectivity index (χ3n) is 3.82. The second-order valence-corrected chi connectivity index (χ2v) is 6.10. The van der Waals surface area contributed by atoms with Crippen LogP contribution in [0.3, 0.4) is 0 Å². The molecule has 1 aromatic rings. The molecule has 2 N–H and O–H groups in total. The Labute approximate surface area is 128 Å². The SMILES string of the molecule is COc1ccc(Br)cc1CCC(=O)N1CC[C@H](CN)C1. The maximum absolute atomic E-state index is 12.2. The molecule has 0 unspecified atom stereocenters. The van der Waals surface area contributed by atoms with E-state index in [2.05, 4.69) is 15.9 Å². The lowest BCUT2D eigenvalue weighted by molar-refractivity contribution is -0.130. The Hall–Kier alpha value is -1.07. The first-order valence-corrected chi connectivity index (χ1v) is 7.73. The van der Waals surface area contributed by atoms with Crippen molar-refractivity contribution in [3.05, 3.63) is 28.2 Å². The zero-order chi connectivity index (χ0) is 14.5. The summed E-state index contributed by atoms with van der Waals surface area (Å²) >= 11 is 3.45. The van der Waals surface area contributed by atoms with E-state index in [0.717, 1.165) is 35.3 Å². The van der Waals surface area contributed by atoms with Gasteiger partial charge in [-0.15, -0.1) is 0 Å². The van der Waals surface area contributed by atoms with Crippen LogP contribution in [0, 0.1) is 5.92 Å². The van der Waals surface area contributed by atoms with Gasteiger partial charge in [-0.1, -0.05) is 15.9 Å². The molecule has 1 aromatic carbocycles. The lowest BCUT2D eigenvalue weighted by Crippen LogP contribution is -2.30. The number of halogens is 1. The predicted molar refractivity (Wildman–Crippen MR) is 82.8 cm³/mol. The van der Waals surface area contributed by atoms with Crippen molar-refractivity contribution in [1.29, 1.82) is 0 Å². The number of rotatable bonds is 5. The summed E-state index contributed by atoms with van der Waals surface area (Å²) in [6, 6.07) is 5.87. The van der Waals surface area contributed by atoms with Gasteiger partial charge in [-0.3, -0.25) is 4.79 Å². The zero-order valence-corrected chi connectivity index (χ0v) is 13.4. The minimum Gasteiger partial charge on any atom is -0.496 e. The van der Waals surface area contributed by atoms with Gasteiger partial charge in [0.05, 0.1) is 7.11 Å². The van der Waals surface area contributed by atoms with Crippen LogP contribution in [0.4, 0.5) is 0 Å². The molecule has 1 atom stereocenters. The monoisotopic (exact) mass is 340 g/mol. The number of benzene rings is 1. The molecule has 1 fully saturated rings. The van der Waals surface area contributed by atoms with Crippen molar-refractivity contribution in [2.75, 3.05) is 26.7 Å². The maximum atomic E-state index is 12.2. The highest BCUT2D eigenvalue weighted by Gasteiger charge is 2.24. The van der Waals surface area contributed by atoms with Gasteiger partial charge in [-0.25, -0.2) is 0 Å². The minimum atomic E-state index is 0.211. The number of nitrogens with zero attached hydrogens (tertiary/aromatic N) is 1. The fourth-order valence-electron chi connectivity index (χ4n) is 2.59. The van der Waals surface area contributed by atoms with E-state index in [1.165, 1.54) is 0 Å².